The van der Waals surface area contributed by atoms with E-state index >= 15 is 4.39 Å². The molecule has 2 unspecified atom stereocenters. The molecule has 2 aromatic heterocycles. The summed E-state index contributed by atoms with van der Waals surface area (Å²) < 4.78 is 52.2. The third-order valence-corrected chi connectivity index (χ3v) is 8.31. The standard InChI is InChI=1S/C30H31F3N4O2/c1-18-11-20(15-37-10-9-29(31,32)19(2)14-37)12-24-26(38)25(16-39-27(18)24)21-5-4-6-23(13-21)30(33,22-7-8-22)28-35-34-17-36(28)3/h4-6,11-13,16-17,19,22H,7-10,14-15H2,1-3H3. The van der Waals surface area contributed by atoms with E-state index in [1.807, 2.05) is 17.9 Å². The van der Waals surface area contributed by atoms with Gasteiger partial charge in [0.05, 0.1) is 10.9 Å². The number of piperidine rings is 1. The highest BCUT2D eigenvalue weighted by atomic mass is 19.3. The van der Waals surface area contributed by atoms with Gasteiger partial charge in [0.2, 0.25) is 5.43 Å². The average molecular weight is 537 g/mol. The Balaban J connectivity index is 1.37. The predicted octanol–water partition coefficient (Wildman–Crippen LogP) is 6.00. The van der Waals surface area contributed by atoms with Crippen molar-refractivity contribution in [1.82, 2.24) is 19.7 Å². The predicted molar refractivity (Wildman–Crippen MR) is 142 cm³/mol. The van der Waals surface area contributed by atoms with Gasteiger partial charge in [-0.15, -0.1) is 10.2 Å². The number of benzene rings is 2. The zero-order valence-electron chi connectivity index (χ0n) is 22.3. The summed E-state index contributed by atoms with van der Waals surface area (Å²) in [7, 11) is 1.73. The number of hydrogen-bond donors (Lipinski definition) is 0. The van der Waals surface area contributed by atoms with E-state index < -0.39 is 17.5 Å². The lowest BCUT2D eigenvalue weighted by molar-refractivity contribution is -0.100. The molecule has 2 aromatic carbocycles. The fourth-order valence-electron chi connectivity index (χ4n) is 5.90. The molecule has 0 N–H and O–H groups in total. The summed E-state index contributed by atoms with van der Waals surface area (Å²) in [5.74, 6) is -3.33. The van der Waals surface area contributed by atoms with E-state index in [9.17, 15) is 13.6 Å². The Kier molecular flexibility index (Phi) is 6.17. The Hall–Kier alpha value is -3.46. The zero-order chi connectivity index (χ0) is 27.5. The maximum atomic E-state index is 16.7. The zero-order valence-corrected chi connectivity index (χ0v) is 22.3. The molecule has 1 aliphatic carbocycles. The van der Waals surface area contributed by atoms with E-state index in [0.717, 1.165) is 24.0 Å². The lowest BCUT2D eigenvalue weighted by Gasteiger charge is -2.36. The van der Waals surface area contributed by atoms with Crippen molar-refractivity contribution in [2.45, 2.75) is 51.2 Å². The van der Waals surface area contributed by atoms with Gasteiger partial charge in [0.25, 0.3) is 5.92 Å². The fraction of sp³-hybridized carbons (Fsp3) is 0.433. The van der Waals surface area contributed by atoms with Crippen molar-refractivity contribution in [1.29, 1.82) is 0 Å². The molecule has 3 heterocycles. The van der Waals surface area contributed by atoms with E-state index in [0.29, 0.717) is 47.3 Å². The summed E-state index contributed by atoms with van der Waals surface area (Å²) >= 11 is 0. The average Bonchev–Trinajstić information content (AvgIpc) is 3.67. The van der Waals surface area contributed by atoms with Gasteiger partial charge < -0.3 is 8.98 Å². The van der Waals surface area contributed by atoms with Crippen molar-refractivity contribution < 1.29 is 17.6 Å². The molecular formula is C30H31F3N4O2. The third-order valence-electron chi connectivity index (χ3n) is 8.31. The highest BCUT2D eigenvalue weighted by molar-refractivity contribution is 5.84. The third kappa shape index (κ3) is 4.46. The second kappa shape index (κ2) is 9.33. The lowest BCUT2D eigenvalue weighted by atomic mass is 9.87. The first-order valence-electron chi connectivity index (χ1n) is 13.4. The van der Waals surface area contributed by atoms with Crippen LogP contribution >= 0.6 is 0 Å². The van der Waals surface area contributed by atoms with Crippen LogP contribution in [-0.2, 0) is 19.3 Å². The highest BCUT2D eigenvalue weighted by Gasteiger charge is 2.51. The molecule has 4 aromatic rings. The molecule has 0 amide bonds. The Labute approximate surface area is 224 Å². The van der Waals surface area contributed by atoms with E-state index in [2.05, 4.69) is 10.2 Å². The Morgan fingerprint density at radius 3 is 2.69 bits per heavy atom. The smallest absolute Gasteiger partial charge is 0.253 e. The molecule has 6 rings (SSSR count). The number of halogens is 3. The quantitative estimate of drug-likeness (QED) is 0.303. The van der Waals surface area contributed by atoms with Crippen molar-refractivity contribution in [3.8, 4) is 11.1 Å². The van der Waals surface area contributed by atoms with Crippen LogP contribution in [0.3, 0.4) is 0 Å². The first kappa shape index (κ1) is 25.8. The van der Waals surface area contributed by atoms with Crippen LogP contribution in [0.25, 0.3) is 22.1 Å². The largest absolute Gasteiger partial charge is 0.463 e. The monoisotopic (exact) mass is 536 g/mol. The van der Waals surface area contributed by atoms with Gasteiger partial charge in [0.15, 0.2) is 11.5 Å². The summed E-state index contributed by atoms with van der Waals surface area (Å²) in [6.07, 6.45) is 4.26. The Bertz CT molecular complexity index is 1610. The molecular weight excluding hydrogens is 505 g/mol. The summed E-state index contributed by atoms with van der Waals surface area (Å²) in [4.78, 5) is 15.8. The number of aromatic nitrogens is 3. The first-order valence-corrected chi connectivity index (χ1v) is 13.4. The Morgan fingerprint density at radius 1 is 1.21 bits per heavy atom. The van der Waals surface area contributed by atoms with Crippen molar-refractivity contribution in [3.63, 3.8) is 0 Å². The molecule has 0 bridgehead atoms. The molecule has 6 nitrogen and oxygen atoms in total. The molecule has 204 valence electrons. The maximum Gasteiger partial charge on any atom is 0.253 e. The van der Waals surface area contributed by atoms with E-state index in [1.54, 1.807) is 48.9 Å². The van der Waals surface area contributed by atoms with Crippen molar-refractivity contribution in [2.75, 3.05) is 13.1 Å². The minimum atomic E-state index is -2.65. The van der Waals surface area contributed by atoms with Gasteiger partial charge in [-0.05, 0) is 54.2 Å². The second-order valence-corrected chi connectivity index (χ2v) is 11.2. The number of aryl methyl sites for hydroxylation is 2. The topological polar surface area (TPSA) is 64.2 Å². The fourth-order valence-corrected chi connectivity index (χ4v) is 5.90. The number of likely N-dealkylation sites (tertiary alicyclic amines) is 1. The van der Waals surface area contributed by atoms with Crippen molar-refractivity contribution in [3.05, 3.63) is 81.7 Å². The maximum absolute atomic E-state index is 16.7. The van der Waals surface area contributed by atoms with E-state index in [4.69, 9.17) is 4.42 Å². The molecule has 2 aliphatic rings. The molecule has 0 radical (unpaired) electrons. The van der Waals surface area contributed by atoms with Crippen LogP contribution in [0.4, 0.5) is 13.2 Å². The van der Waals surface area contributed by atoms with Gasteiger partial charge in [-0.2, -0.15) is 0 Å². The SMILES string of the molecule is Cc1cc(CN2CCC(F)(F)C(C)C2)cc2c(=O)c(-c3cccc(C(F)(c4nncn4C)C4CC4)c3)coc12. The summed E-state index contributed by atoms with van der Waals surface area (Å²) in [5, 5.41) is 8.39. The second-order valence-electron chi connectivity index (χ2n) is 11.2. The molecule has 9 heteroatoms. The van der Waals surface area contributed by atoms with Gasteiger partial charge in [0, 0.05) is 44.9 Å². The molecule has 39 heavy (non-hydrogen) atoms. The number of rotatable bonds is 6. The molecule has 1 aliphatic heterocycles. The normalized spacial score (nSPS) is 21.2. The number of fused-ring (bicyclic) bond motifs is 1. The minimum Gasteiger partial charge on any atom is -0.463 e. The van der Waals surface area contributed by atoms with Crippen molar-refractivity contribution in [2.24, 2.45) is 18.9 Å². The number of nitrogens with zero attached hydrogens (tertiary/aromatic N) is 4. The summed E-state index contributed by atoms with van der Waals surface area (Å²) in [6.45, 7) is 4.51. The molecule has 1 saturated heterocycles. The van der Waals surface area contributed by atoms with Crippen molar-refractivity contribution >= 4 is 11.0 Å². The number of alkyl halides is 3. The van der Waals surface area contributed by atoms with E-state index in [1.165, 1.54) is 12.6 Å². The molecule has 2 atom stereocenters. The van der Waals surface area contributed by atoms with Gasteiger partial charge >= 0.3 is 0 Å². The van der Waals surface area contributed by atoms with Gasteiger partial charge in [-0.3, -0.25) is 9.69 Å². The van der Waals surface area contributed by atoms with E-state index in [-0.39, 0.29) is 23.6 Å². The van der Waals surface area contributed by atoms with Crippen LogP contribution in [0.15, 0.2) is 58.2 Å². The van der Waals surface area contributed by atoms with Crippen LogP contribution in [0.1, 0.15) is 48.7 Å². The molecule has 1 saturated carbocycles. The van der Waals surface area contributed by atoms with Gasteiger partial charge in [-0.25, -0.2) is 13.2 Å². The molecule has 0 spiro atoms. The van der Waals surface area contributed by atoms with Crippen LogP contribution < -0.4 is 5.43 Å². The minimum absolute atomic E-state index is 0.172. The Morgan fingerprint density at radius 2 is 2.00 bits per heavy atom. The summed E-state index contributed by atoms with van der Waals surface area (Å²) in [6, 6.07) is 10.7. The summed E-state index contributed by atoms with van der Waals surface area (Å²) in [5.41, 5.74) is 1.45. The van der Waals surface area contributed by atoms with Crippen LogP contribution in [0, 0.1) is 18.8 Å². The molecule has 2 fully saturated rings. The lowest BCUT2D eigenvalue weighted by Crippen LogP contribution is -2.45. The van der Waals surface area contributed by atoms with Crippen LogP contribution in [0.2, 0.25) is 0 Å². The number of hydrogen-bond acceptors (Lipinski definition) is 5. The van der Waals surface area contributed by atoms with Gasteiger partial charge in [0.1, 0.15) is 18.2 Å². The van der Waals surface area contributed by atoms with Crippen LogP contribution in [0.5, 0.6) is 0 Å². The van der Waals surface area contributed by atoms with Gasteiger partial charge in [-0.1, -0.05) is 31.2 Å². The first-order chi connectivity index (χ1) is 18.6. The van der Waals surface area contributed by atoms with Crippen LogP contribution in [-0.4, -0.2) is 38.7 Å². The highest BCUT2D eigenvalue weighted by Crippen LogP contribution is 2.52.